The summed E-state index contributed by atoms with van der Waals surface area (Å²) in [6.45, 7) is 11.7. The third kappa shape index (κ3) is 2.70. The molecule has 0 aliphatic rings. The van der Waals surface area contributed by atoms with Crippen molar-refractivity contribution in [1.82, 2.24) is 25.1 Å². The third-order valence-electron chi connectivity index (χ3n) is 2.74. The average Bonchev–Trinajstić information content (AvgIpc) is 2.74. The van der Waals surface area contributed by atoms with Gasteiger partial charge in [0.25, 0.3) is 0 Å². The van der Waals surface area contributed by atoms with Gasteiger partial charge in [-0.25, -0.2) is 0 Å². The Hall–Kier alpha value is -1.01. The summed E-state index contributed by atoms with van der Waals surface area (Å²) in [5.41, 5.74) is -0.0297. The van der Waals surface area contributed by atoms with E-state index >= 15 is 0 Å². The molecule has 0 aliphatic heterocycles. The van der Waals surface area contributed by atoms with Gasteiger partial charge in [0.05, 0.1) is 0 Å². The van der Waals surface area contributed by atoms with Crippen LogP contribution < -0.4 is 5.32 Å². The van der Waals surface area contributed by atoms with Crippen LogP contribution in [0.1, 0.15) is 45.5 Å². The lowest BCUT2D eigenvalue weighted by molar-refractivity contribution is 0.522. The van der Waals surface area contributed by atoms with Crippen LogP contribution in [0.25, 0.3) is 4.96 Å². The Morgan fingerprint density at radius 1 is 1.33 bits per heavy atom. The molecule has 2 heterocycles. The summed E-state index contributed by atoms with van der Waals surface area (Å²) >= 11 is 1.63. The summed E-state index contributed by atoms with van der Waals surface area (Å²) in [5.74, 6) is 0.927. The predicted molar refractivity (Wildman–Crippen MR) is 74.2 cm³/mol. The lowest BCUT2D eigenvalue weighted by Gasteiger charge is -2.13. The lowest BCUT2D eigenvalue weighted by atomic mass is 9.96. The van der Waals surface area contributed by atoms with Gasteiger partial charge in [0, 0.05) is 17.9 Å². The van der Waals surface area contributed by atoms with Crippen molar-refractivity contribution in [2.75, 3.05) is 6.54 Å². The number of hydrogen-bond donors (Lipinski definition) is 1. The van der Waals surface area contributed by atoms with Crippen molar-refractivity contribution in [2.45, 2.75) is 52.5 Å². The highest BCUT2D eigenvalue weighted by Gasteiger charge is 2.23. The van der Waals surface area contributed by atoms with Gasteiger partial charge in [-0.1, -0.05) is 39.0 Å². The van der Waals surface area contributed by atoms with E-state index in [2.05, 4.69) is 55.2 Å². The zero-order valence-corrected chi connectivity index (χ0v) is 12.5. The van der Waals surface area contributed by atoms with E-state index in [0.717, 1.165) is 28.8 Å². The van der Waals surface area contributed by atoms with Crippen LogP contribution in [-0.4, -0.2) is 32.4 Å². The predicted octanol–water partition coefficient (Wildman–Crippen LogP) is 2.02. The minimum Gasteiger partial charge on any atom is -0.314 e. The highest BCUT2D eigenvalue weighted by atomic mass is 32.1. The van der Waals surface area contributed by atoms with E-state index in [-0.39, 0.29) is 5.41 Å². The molecule has 0 saturated carbocycles. The average molecular weight is 267 g/mol. The van der Waals surface area contributed by atoms with Gasteiger partial charge < -0.3 is 5.32 Å². The zero-order valence-electron chi connectivity index (χ0n) is 11.7. The second-order valence-corrected chi connectivity index (χ2v) is 6.67. The van der Waals surface area contributed by atoms with E-state index in [1.807, 2.05) is 4.52 Å². The van der Waals surface area contributed by atoms with Crippen LogP contribution in [0.4, 0.5) is 0 Å². The van der Waals surface area contributed by atoms with Crippen LogP contribution >= 0.6 is 11.3 Å². The first-order valence-electron chi connectivity index (χ1n) is 6.36. The largest absolute Gasteiger partial charge is 0.314 e. The topological polar surface area (TPSA) is 55.1 Å². The Balaban J connectivity index is 2.26. The molecular formula is C12H21N5S. The molecule has 0 aliphatic carbocycles. The van der Waals surface area contributed by atoms with Crippen molar-refractivity contribution < 1.29 is 0 Å². The Kier molecular flexibility index (Phi) is 3.68. The van der Waals surface area contributed by atoms with Crippen LogP contribution in [0.2, 0.25) is 0 Å². The first kappa shape index (κ1) is 13.4. The van der Waals surface area contributed by atoms with Crippen molar-refractivity contribution in [1.29, 1.82) is 0 Å². The van der Waals surface area contributed by atoms with Gasteiger partial charge in [0.2, 0.25) is 4.96 Å². The molecule has 0 radical (unpaired) electrons. The minimum atomic E-state index is -0.0297. The third-order valence-corrected chi connectivity index (χ3v) is 3.66. The molecule has 2 aromatic rings. The molecule has 0 bridgehead atoms. The standard InChI is InChI=1S/C12H21N5S/c1-6-13-8(2)7-9-16-17-10(12(3,4)5)14-15-11(17)18-9/h8,13H,6-7H2,1-5H3. The maximum absolute atomic E-state index is 4.63. The van der Waals surface area contributed by atoms with Gasteiger partial charge in [-0.05, 0) is 13.5 Å². The van der Waals surface area contributed by atoms with Gasteiger partial charge in [0.1, 0.15) is 5.01 Å². The maximum atomic E-state index is 4.63. The molecule has 100 valence electrons. The monoisotopic (exact) mass is 267 g/mol. The minimum absolute atomic E-state index is 0.0297. The van der Waals surface area contributed by atoms with Crippen LogP contribution in [-0.2, 0) is 11.8 Å². The molecule has 0 saturated heterocycles. The van der Waals surface area contributed by atoms with Crippen molar-refractivity contribution >= 4 is 16.3 Å². The molecule has 1 unspecified atom stereocenters. The first-order chi connectivity index (χ1) is 8.41. The molecule has 2 aromatic heterocycles. The zero-order chi connectivity index (χ0) is 13.3. The summed E-state index contributed by atoms with van der Waals surface area (Å²) < 4.78 is 1.89. The Bertz CT molecular complexity index is 522. The van der Waals surface area contributed by atoms with Crippen molar-refractivity contribution in [3.8, 4) is 0 Å². The summed E-state index contributed by atoms with van der Waals surface area (Å²) in [6.07, 6.45) is 0.936. The normalized spacial score (nSPS) is 14.3. The number of nitrogens with one attached hydrogen (secondary N) is 1. The molecule has 1 atom stereocenters. The second kappa shape index (κ2) is 4.93. The molecule has 0 amide bonds. The molecule has 1 N–H and O–H groups in total. The molecule has 5 nitrogen and oxygen atoms in total. The smallest absolute Gasteiger partial charge is 0.234 e. The van der Waals surface area contributed by atoms with Gasteiger partial charge in [0.15, 0.2) is 5.82 Å². The van der Waals surface area contributed by atoms with E-state index in [0.29, 0.717) is 6.04 Å². The van der Waals surface area contributed by atoms with Gasteiger partial charge in [-0.3, -0.25) is 0 Å². The number of nitrogens with zero attached hydrogens (tertiary/aromatic N) is 4. The fourth-order valence-electron chi connectivity index (χ4n) is 1.89. The number of hydrogen-bond acceptors (Lipinski definition) is 5. The summed E-state index contributed by atoms with van der Waals surface area (Å²) in [7, 11) is 0. The second-order valence-electron chi connectivity index (χ2n) is 5.63. The Morgan fingerprint density at radius 2 is 2.06 bits per heavy atom. The van der Waals surface area contributed by atoms with Crippen molar-refractivity contribution in [3.63, 3.8) is 0 Å². The van der Waals surface area contributed by atoms with Crippen LogP contribution in [0, 0.1) is 0 Å². The van der Waals surface area contributed by atoms with E-state index in [1.165, 1.54) is 0 Å². The number of rotatable bonds is 4. The van der Waals surface area contributed by atoms with Crippen molar-refractivity contribution in [3.05, 3.63) is 10.8 Å². The van der Waals surface area contributed by atoms with E-state index < -0.39 is 0 Å². The summed E-state index contributed by atoms with van der Waals surface area (Å²) in [5, 5.41) is 17.6. The molecule has 18 heavy (non-hydrogen) atoms. The summed E-state index contributed by atoms with van der Waals surface area (Å²) in [6, 6.07) is 0.442. The SMILES string of the molecule is CCNC(C)Cc1nn2c(C(C)(C)C)nnc2s1. The molecular weight excluding hydrogens is 246 g/mol. The van der Waals surface area contributed by atoms with Crippen LogP contribution in [0.5, 0.6) is 0 Å². The fraction of sp³-hybridized carbons (Fsp3) is 0.750. The highest BCUT2D eigenvalue weighted by Crippen LogP contribution is 2.23. The number of aromatic nitrogens is 4. The fourth-order valence-corrected chi connectivity index (χ4v) is 2.85. The van der Waals surface area contributed by atoms with Crippen LogP contribution in [0.3, 0.4) is 0 Å². The van der Waals surface area contributed by atoms with E-state index in [9.17, 15) is 0 Å². The number of fused-ring (bicyclic) bond motifs is 1. The number of likely N-dealkylation sites (N-methyl/N-ethyl adjacent to an activating group) is 1. The molecule has 0 spiro atoms. The van der Waals surface area contributed by atoms with Gasteiger partial charge in [-0.15, -0.1) is 10.2 Å². The van der Waals surface area contributed by atoms with Crippen molar-refractivity contribution in [2.24, 2.45) is 0 Å². The molecule has 0 aromatic carbocycles. The lowest BCUT2D eigenvalue weighted by Crippen LogP contribution is -2.27. The van der Waals surface area contributed by atoms with Gasteiger partial charge in [-0.2, -0.15) is 9.61 Å². The van der Waals surface area contributed by atoms with Gasteiger partial charge >= 0.3 is 0 Å². The first-order valence-corrected chi connectivity index (χ1v) is 7.18. The Labute approximate surface area is 112 Å². The molecule has 6 heteroatoms. The highest BCUT2D eigenvalue weighted by molar-refractivity contribution is 7.16. The Morgan fingerprint density at radius 3 is 2.67 bits per heavy atom. The quantitative estimate of drug-likeness (QED) is 0.921. The van der Waals surface area contributed by atoms with E-state index in [1.54, 1.807) is 11.3 Å². The molecule has 0 fully saturated rings. The van der Waals surface area contributed by atoms with E-state index in [4.69, 9.17) is 0 Å². The summed E-state index contributed by atoms with van der Waals surface area (Å²) in [4.78, 5) is 0.888. The maximum Gasteiger partial charge on any atom is 0.234 e. The van der Waals surface area contributed by atoms with Crippen LogP contribution in [0.15, 0.2) is 0 Å². The molecule has 2 rings (SSSR count).